The van der Waals surface area contributed by atoms with Crippen LogP contribution in [0.25, 0.3) is 10.4 Å². The smallest absolute Gasteiger partial charge is 0.299 e. The topological polar surface area (TPSA) is 75.1 Å². The number of hydrogen-bond donors (Lipinski definition) is 0. The fraction of sp³-hybridized carbons (Fsp3) is 1.00. The first kappa shape index (κ1) is 13.8. The van der Waals surface area contributed by atoms with Gasteiger partial charge in [-0.3, -0.25) is 4.57 Å². The van der Waals surface area contributed by atoms with Gasteiger partial charge in [-0.1, -0.05) is 19.0 Å². The highest BCUT2D eigenvalue weighted by Gasteiger charge is 2.31. The quantitative estimate of drug-likeness (QED) is 0.302. The highest BCUT2D eigenvalue weighted by molar-refractivity contribution is 7.85. The molecule has 7 heteroatoms. The molecule has 82 valence electrons. The Morgan fingerprint density at radius 1 is 1.64 bits per heavy atom. The Morgan fingerprint density at radius 2 is 2.21 bits per heavy atom. The van der Waals surface area contributed by atoms with Gasteiger partial charge in [-0.05, 0) is 36.0 Å². The predicted octanol–water partition coefficient (Wildman–Crippen LogP) is 4.14. The van der Waals surface area contributed by atoms with Gasteiger partial charge >= 0.3 is 0 Å². The summed E-state index contributed by atoms with van der Waals surface area (Å²) < 4.78 is 16.6. The summed E-state index contributed by atoms with van der Waals surface area (Å²) in [6, 6.07) is 0. The third kappa shape index (κ3) is 4.87. The maximum atomic E-state index is 11.7. The Labute approximate surface area is 88.6 Å². The van der Waals surface area contributed by atoms with Crippen LogP contribution in [0.4, 0.5) is 0 Å². The molecule has 0 aromatic heterocycles. The lowest BCUT2D eigenvalue weighted by Gasteiger charge is -2.18. The summed E-state index contributed by atoms with van der Waals surface area (Å²) in [5, 5.41) is 3.42. The van der Waals surface area contributed by atoms with Gasteiger partial charge in [-0.15, -0.1) is 0 Å². The molecule has 0 bridgehead atoms. The first-order valence-electron chi connectivity index (χ1n) is 4.42. The van der Waals surface area contributed by atoms with Gasteiger partial charge in [-0.2, -0.15) is 0 Å². The van der Waals surface area contributed by atoms with Crippen molar-refractivity contribution in [2.24, 2.45) is 11.0 Å². The van der Waals surface area contributed by atoms with Crippen molar-refractivity contribution >= 4 is 18.0 Å². The highest BCUT2D eigenvalue weighted by Crippen LogP contribution is 2.59. The van der Waals surface area contributed by atoms with Crippen molar-refractivity contribution in [3.8, 4) is 0 Å². The molecule has 14 heavy (non-hydrogen) atoms. The summed E-state index contributed by atoms with van der Waals surface area (Å²) in [6.45, 7) is 2.48. The molecule has 0 saturated heterocycles. The average Bonchev–Trinajstić information content (AvgIpc) is 2.02. The van der Waals surface area contributed by atoms with Crippen LogP contribution in [0.1, 0.15) is 27.2 Å². The highest BCUT2D eigenvalue weighted by atomic mass is 35.7. The second kappa shape index (κ2) is 6.31. The van der Waals surface area contributed by atoms with Gasteiger partial charge in [0.05, 0.1) is 6.61 Å². The van der Waals surface area contributed by atoms with Crippen molar-refractivity contribution in [2.45, 2.75) is 33.0 Å². The lowest BCUT2D eigenvalue weighted by Crippen LogP contribution is -2.07. The Kier molecular flexibility index (Phi) is 6.21. The van der Waals surface area contributed by atoms with E-state index in [0.29, 0.717) is 6.42 Å². The molecule has 2 unspecified atom stereocenters. The summed E-state index contributed by atoms with van der Waals surface area (Å²) in [5.41, 5.74) is 8.30. The van der Waals surface area contributed by atoms with E-state index in [1.54, 1.807) is 6.92 Å². The number of rotatable bonds is 6. The van der Waals surface area contributed by atoms with Crippen molar-refractivity contribution in [3.63, 3.8) is 0 Å². The SMILES string of the molecule is CCOP(=O)(Cl)C(CC(C)C)N=[N+]=[N-]. The predicted molar refractivity (Wildman–Crippen MR) is 57.5 cm³/mol. The maximum absolute atomic E-state index is 11.7. The molecule has 0 aliphatic rings. The van der Waals surface area contributed by atoms with Crippen molar-refractivity contribution in [1.82, 2.24) is 0 Å². The molecule has 2 atom stereocenters. The molecule has 0 saturated carbocycles. The van der Waals surface area contributed by atoms with Crippen LogP contribution in [0.15, 0.2) is 5.11 Å². The van der Waals surface area contributed by atoms with Crippen LogP contribution in [0.3, 0.4) is 0 Å². The van der Waals surface area contributed by atoms with Crippen molar-refractivity contribution < 1.29 is 9.09 Å². The van der Waals surface area contributed by atoms with E-state index in [1.807, 2.05) is 13.8 Å². The molecular weight excluding hydrogens is 225 g/mol. The lowest BCUT2D eigenvalue weighted by atomic mass is 10.1. The minimum Gasteiger partial charge on any atom is -0.318 e. The van der Waals surface area contributed by atoms with E-state index in [-0.39, 0.29) is 12.5 Å². The average molecular weight is 240 g/mol. The number of nitrogens with zero attached hydrogens (tertiary/aromatic N) is 3. The van der Waals surface area contributed by atoms with Crippen LogP contribution in [0.2, 0.25) is 0 Å². The Bertz CT molecular complexity index is 266. The van der Waals surface area contributed by atoms with E-state index < -0.39 is 12.5 Å². The van der Waals surface area contributed by atoms with Gasteiger partial charge in [0.25, 0.3) is 6.72 Å². The molecule has 5 nitrogen and oxygen atoms in total. The normalized spacial score (nSPS) is 17.2. The van der Waals surface area contributed by atoms with Gasteiger partial charge in [0.15, 0.2) is 0 Å². The summed E-state index contributed by atoms with van der Waals surface area (Å²) in [7, 11) is 0. The fourth-order valence-corrected chi connectivity index (χ4v) is 2.99. The molecule has 0 rings (SSSR count). The molecule has 0 amide bonds. The van der Waals surface area contributed by atoms with Gasteiger partial charge in [0.1, 0.15) is 5.78 Å². The molecule has 0 aromatic rings. The van der Waals surface area contributed by atoms with Crippen LogP contribution >= 0.6 is 18.0 Å². The minimum atomic E-state index is -3.32. The first-order chi connectivity index (χ1) is 6.44. The molecule has 0 aromatic carbocycles. The third-order valence-electron chi connectivity index (χ3n) is 1.53. The Balaban J connectivity index is 4.63. The molecule has 0 aliphatic carbocycles. The molecule has 0 radical (unpaired) electrons. The van der Waals surface area contributed by atoms with E-state index in [0.717, 1.165) is 0 Å². The van der Waals surface area contributed by atoms with Gasteiger partial charge in [0, 0.05) is 4.91 Å². The van der Waals surface area contributed by atoms with Crippen molar-refractivity contribution in [2.75, 3.05) is 6.61 Å². The molecule has 0 fully saturated rings. The third-order valence-corrected chi connectivity index (χ3v) is 4.13. The van der Waals surface area contributed by atoms with Crippen molar-refractivity contribution in [3.05, 3.63) is 10.4 Å². The first-order valence-corrected chi connectivity index (χ1v) is 7.02. The van der Waals surface area contributed by atoms with Crippen LogP contribution in [0.5, 0.6) is 0 Å². The number of hydrogen-bond acceptors (Lipinski definition) is 3. The summed E-state index contributed by atoms with van der Waals surface area (Å²) in [6.07, 6.45) is 0.463. The molecule has 0 N–H and O–H groups in total. The zero-order valence-corrected chi connectivity index (χ0v) is 10.2. The maximum Gasteiger partial charge on any atom is 0.299 e. The van der Waals surface area contributed by atoms with Crippen LogP contribution in [-0.4, -0.2) is 12.4 Å². The van der Waals surface area contributed by atoms with Crippen LogP contribution in [0, 0.1) is 5.92 Å². The Morgan fingerprint density at radius 3 is 2.57 bits per heavy atom. The fourth-order valence-electron chi connectivity index (χ4n) is 0.978. The second-order valence-electron chi connectivity index (χ2n) is 3.25. The van der Waals surface area contributed by atoms with E-state index in [2.05, 4.69) is 10.0 Å². The van der Waals surface area contributed by atoms with E-state index in [9.17, 15) is 4.57 Å². The van der Waals surface area contributed by atoms with E-state index in [1.165, 1.54) is 0 Å². The van der Waals surface area contributed by atoms with Gasteiger partial charge < -0.3 is 4.52 Å². The standard InChI is InChI=1S/C7H15ClN3O2P/c1-4-13-14(8,12)7(10-11-9)5-6(2)3/h6-7H,4-5H2,1-3H3. The van der Waals surface area contributed by atoms with Crippen LogP contribution < -0.4 is 0 Å². The Hall–Kier alpha value is -0.210. The lowest BCUT2D eigenvalue weighted by molar-refractivity contribution is 0.333. The molecule has 0 spiro atoms. The molecule has 0 aliphatic heterocycles. The zero-order valence-electron chi connectivity index (χ0n) is 8.55. The molecule has 0 heterocycles. The summed E-state index contributed by atoms with van der Waals surface area (Å²) >= 11 is 5.69. The molecular formula is C7H15ClN3O2P. The number of azide groups is 1. The summed E-state index contributed by atoms with van der Waals surface area (Å²) in [4.78, 5) is 2.63. The second-order valence-corrected chi connectivity index (χ2v) is 6.56. The van der Waals surface area contributed by atoms with Crippen LogP contribution in [-0.2, 0) is 9.09 Å². The van der Waals surface area contributed by atoms with Gasteiger partial charge in [0.2, 0.25) is 0 Å². The minimum absolute atomic E-state index is 0.246. The monoisotopic (exact) mass is 239 g/mol. The van der Waals surface area contributed by atoms with E-state index >= 15 is 0 Å². The van der Waals surface area contributed by atoms with Crippen molar-refractivity contribution in [1.29, 1.82) is 0 Å². The summed E-state index contributed by atoms with van der Waals surface area (Å²) in [5.74, 6) is -0.521. The number of halogens is 1. The van der Waals surface area contributed by atoms with E-state index in [4.69, 9.17) is 21.3 Å². The van der Waals surface area contributed by atoms with Gasteiger partial charge in [-0.25, -0.2) is 0 Å². The largest absolute Gasteiger partial charge is 0.318 e. The zero-order chi connectivity index (χ0) is 11.2.